The van der Waals surface area contributed by atoms with Crippen molar-refractivity contribution in [2.75, 3.05) is 0 Å². The van der Waals surface area contributed by atoms with Crippen molar-refractivity contribution in [1.29, 1.82) is 0 Å². The van der Waals surface area contributed by atoms with E-state index in [9.17, 15) is 9.59 Å². The second-order valence-corrected chi connectivity index (χ2v) is 4.14. The van der Waals surface area contributed by atoms with Crippen LogP contribution in [0, 0.1) is 4.77 Å². The number of hydrogen-bond donors (Lipinski definition) is 2. The van der Waals surface area contributed by atoms with Gasteiger partial charge in [0.05, 0.1) is 6.54 Å². The van der Waals surface area contributed by atoms with Crippen LogP contribution in [-0.4, -0.2) is 14.5 Å². The summed E-state index contributed by atoms with van der Waals surface area (Å²) < 4.78 is 2.02. The Kier molecular flexibility index (Phi) is 2.65. The van der Waals surface area contributed by atoms with E-state index in [0.717, 1.165) is 17.0 Å². The van der Waals surface area contributed by atoms with Crippen LogP contribution in [0.2, 0.25) is 0 Å². The molecule has 0 bridgehead atoms. The van der Waals surface area contributed by atoms with Crippen LogP contribution in [0.25, 0.3) is 0 Å². The first-order chi connectivity index (χ1) is 7.15. The van der Waals surface area contributed by atoms with Crippen molar-refractivity contribution in [3.05, 3.63) is 48.1 Å². The first-order valence-corrected chi connectivity index (χ1v) is 5.40. The van der Waals surface area contributed by atoms with E-state index in [2.05, 4.69) is 9.97 Å². The SMILES string of the molecule is O=c1ccn(Cc2csc(=O)[nH]2)c(=S)[nH]1. The molecule has 2 aromatic heterocycles. The highest BCUT2D eigenvalue weighted by Gasteiger charge is 1.98. The molecular formula is C8H7N3O2S2. The van der Waals surface area contributed by atoms with Gasteiger partial charge in [-0.05, 0) is 12.2 Å². The number of nitrogens with zero attached hydrogens (tertiary/aromatic N) is 1. The van der Waals surface area contributed by atoms with E-state index in [1.807, 2.05) is 0 Å². The predicted molar refractivity (Wildman–Crippen MR) is 59.9 cm³/mol. The molecule has 2 heterocycles. The molecule has 78 valence electrons. The molecule has 0 fully saturated rings. The van der Waals surface area contributed by atoms with Gasteiger partial charge in [-0.2, -0.15) is 0 Å². The molecular weight excluding hydrogens is 234 g/mol. The molecule has 0 amide bonds. The van der Waals surface area contributed by atoms with Gasteiger partial charge in [-0.15, -0.1) is 0 Å². The largest absolute Gasteiger partial charge is 0.319 e. The summed E-state index contributed by atoms with van der Waals surface area (Å²) in [6, 6.07) is 1.39. The highest BCUT2D eigenvalue weighted by Crippen LogP contribution is 1.99. The van der Waals surface area contributed by atoms with Gasteiger partial charge in [0.1, 0.15) is 0 Å². The van der Waals surface area contributed by atoms with Gasteiger partial charge in [0.15, 0.2) is 4.77 Å². The fraction of sp³-hybridized carbons (Fsp3) is 0.125. The second kappa shape index (κ2) is 3.95. The Morgan fingerprint density at radius 2 is 2.20 bits per heavy atom. The van der Waals surface area contributed by atoms with Crippen LogP contribution in [-0.2, 0) is 6.54 Å². The fourth-order valence-electron chi connectivity index (χ4n) is 1.14. The number of rotatable bonds is 2. The van der Waals surface area contributed by atoms with E-state index in [-0.39, 0.29) is 10.4 Å². The van der Waals surface area contributed by atoms with E-state index in [0.29, 0.717) is 11.3 Å². The molecule has 7 heteroatoms. The van der Waals surface area contributed by atoms with Crippen molar-refractivity contribution in [3.63, 3.8) is 0 Å². The van der Waals surface area contributed by atoms with Crippen LogP contribution in [0.1, 0.15) is 5.69 Å². The van der Waals surface area contributed by atoms with Crippen molar-refractivity contribution in [2.45, 2.75) is 6.54 Å². The minimum Gasteiger partial charge on any atom is -0.319 e. The van der Waals surface area contributed by atoms with Crippen LogP contribution in [0.4, 0.5) is 0 Å². The fourth-order valence-corrected chi connectivity index (χ4v) is 1.94. The Balaban J connectivity index is 2.36. The lowest BCUT2D eigenvalue weighted by molar-refractivity contribution is 0.730. The Labute approximate surface area is 93.0 Å². The minimum atomic E-state index is -0.227. The van der Waals surface area contributed by atoms with Gasteiger partial charge >= 0.3 is 4.87 Å². The first-order valence-electron chi connectivity index (χ1n) is 4.11. The van der Waals surface area contributed by atoms with Gasteiger partial charge in [-0.25, -0.2) is 0 Å². The summed E-state index contributed by atoms with van der Waals surface area (Å²) in [5.74, 6) is 0. The lowest BCUT2D eigenvalue weighted by Crippen LogP contribution is -2.12. The normalized spacial score (nSPS) is 10.4. The molecule has 0 atom stereocenters. The molecule has 2 rings (SSSR count). The number of aromatic nitrogens is 3. The monoisotopic (exact) mass is 241 g/mol. The number of nitrogens with one attached hydrogen (secondary N) is 2. The lowest BCUT2D eigenvalue weighted by Gasteiger charge is -2.02. The second-order valence-electron chi connectivity index (χ2n) is 2.91. The minimum absolute atomic E-state index is 0.0963. The van der Waals surface area contributed by atoms with Crippen LogP contribution >= 0.6 is 23.6 Å². The van der Waals surface area contributed by atoms with Crippen LogP contribution in [0.15, 0.2) is 27.2 Å². The summed E-state index contributed by atoms with van der Waals surface area (Å²) in [6.07, 6.45) is 1.59. The molecule has 2 aromatic rings. The van der Waals surface area contributed by atoms with Crippen molar-refractivity contribution in [2.24, 2.45) is 0 Å². The third-order valence-corrected chi connectivity index (χ3v) is 2.86. The van der Waals surface area contributed by atoms with Crippen LogP contribution < -0.4 is 10.4 Å². The summed E-state index contributed by atoms with van der Waals surface area (Å²) in [5.41, 5.74) is 0.545. The molecule has 0 saturated heterocycles. The maximum Gasteiger partial charge on any atom is 0.304 e. The molecule has 0 aromatic carbocycles. The zero-order valence-electron chi connectivity index (χ0n) is 7.52. The van der Waals surface area contributed by atoms with Gasteiger partial charge < -0.3 is 9.55 Å². The highest BCUT2D eigenvalue weighted by atomic mass is 32.1. The Morgan fingerprint density at radius 3 is 2.80 bits per heavy atom. The average molecular weight is 241 g/mol. The standard InChI is InChI=1S/C8H7N3O2S2/c12-6-1-2-11(7(14)10-6)3-5-4-15-8(13)9-5/h1-2,4H,3H2,(H,9,13)(H,10,12,14). The average Bonchev–Trinajstić information content (AvgIpc) is 2.56. The first kappa shape index (κ1) is 10.1. The summed E-state index contributed by atoms with van der Waals surface area (Å²) in [6.45, 7) is 0.453. The topological polar surface area (TPSA) is 70.7 Å². The molecule has 0 saturated carbocycles. The lowest BCUT2D eigenvalue weighted by atomic mass is 10.5. The zero-order valence-corrected chi connectivity index (χ0v) is 9.15. The Morgan fingerprint density at radius 1 is 1.40 bits per heavy atom. The summed E-state index contributed by atoms with van der Waals surface area (Å²) >= 11 is 6.07. The summed E-state index contributed by atoms with van der Waals surface area (Å²) in [7, 11) is 0. The number of thiazole rings is 1. The number of hydrogen-bond acceptors (Lipinski definition) is 4. The number of H-pyrrole nitrogens is 2. The third kappa shape index (κ3) is 2.31. The highest BCUT2D eigenvalue weighted by molar-refractivity contribution is 7.71. The number of aromatic amines is 2. The third-order valence-electron chi connectivity index (χ3n) is 1.81. The molecule has 5 nitrogen and oxygen atoms in total. The van der Waals surface area contributed by atoms with Crippen molar-refractivity contribution in [1.82, 2.24) is 14.5 Å². The molecule has 0 unspecified atom stereocenters. The van der Waals surface area contributed by atoms with Crippen molar-refractivity contribution >= 4 is 23.6 Å². The molecule has 0 aliphatic carbocycles. The maximum absolute atomic E-state index is 10.9. The van der Waals surface area contributed by atoms with Gasteiger partial charge in [-0.3, -0.25) is 14.6 Å². The van der Waals surface area contributed by atoms with E-state index in [1.165, 1.54) is 6.07 Å². The Hall–Kier alpha value is -1.47. The van der Waals surface area contributed by atoms with E-state index in [1.54, 1.807) is 16.1 Å². The van der Waals surface area contributed by atoms with E-state index in [4.69, 9.17) is 12.2 Å². The Bertz CT molecular complexity index is 634. The zero-order chi connectivity index (χ0) is 10.8. The molecule has 0 radical (unpaired) electrons. The smallest absolute Gasteiger partial charge is 0.304 e. The van der Waals surface area contributed by atoms with Crippen molar-refractivity contribution in [3.8, 4) is 0 Å². The van der Waals surface area contributed by atoms with E-state index >= 15 is 0 Å². The molecule has 0 aliphatic heterocycles. The molecule has 15 heavy (non-hydrogen) atoms. The van der Waals surface area contributed by atoms with Crippen LogP contribution in [0.3, 0.4) is 0 Å². The van der Waals surface area contributed by atoms with Gasteiger partial charge in [0.2, 0.25) is 0 Å². The van der Waals surface area contributed by atoms with Gasteiger partial charge in [0, 0.05) is 23.3 Å². The summed E-state index contributed by atoms with van der Waals surface area (Å²) in [4.78, 5) is 26.9. The van der Waals surface area contributed by atoms with Crippen molar-refractivity contribution < 1.29 is 0 Å². The summed E-state index contributed by atoms with van der Waals surface area (Å²) in [5, 5.41) is 1.73. The predicted octanol–water partition coefficient (Wildman–Crippen LogP) is 0.704. The van der Waals surface area contributed by atoms with Crippen LogP contribution in [0.5, 0.6) is 0 Å². The molecule has 2 N–H and O–H groups in total. The van der Waals surface area contributed by atoms with Gasteiger partial charge in [-0.1, -0.05) is 11.3 Å². The molecule has 0 aliphatic rings. The quantitative estimate of drug-likeness (QED) is 0.760. The van der Waals surface area contributed by atoms with E-state index < -0.39 is 0 Å². The molecule has 0 spiro atoms. The van der Waals surface area contributed by atoms with Gasteiger partial charge in [0.25, 0.3) is 5.56 Å². The maximum atomic E-state index is 10.9.